The van der Waals surface area contributed by atoms with E-state index in [2.05, 4.69) is 30.0 Å². The van der Waals surface area contributed by atoms with E-state index in [9.17, 15) is 0 Å². The molecule has 3 nitrogen and oxygen atoms in total. The first kappa shape index (κ1) is 13.0. The van der Waals surface area contributed by atoms with Crippen molar-refractivity contribution in [1.82, 2.24) is 4.90 Å². The predicted molar refractivity (Wildman–Crippen MR) is 71.8 cm³/mol. The lowest BCUT2D eigenvalue weighted by molar-refractivity contribution is 0.0248. The van der Waals surface area contributed by atoms with Crippen LogP contribution < -0.4 is 0 Å². The van der Waals surface area contributed by atoms with Gasteiger partial charge in [-0.2, -0.15) is 0 Å². The smallest absolute Gasteiger partial charge is 0.0480 e. The molecule has 0 unspecified atom stereocenters. The molecule has 0 N–H and O–H groups in total. The Morgan fingerprint density at radius 3 is 2.35 bits per heavy atom. The maximum absolute atomic E-state index is 5.43. The van der Waals surface area contributed by atoms with Gasteiger partial charge in [0, 0.05) is 31.5 Å². The van der Waals surface area contributed by atoms with Crippen molar-refractivity contribution < 1.29 is 4.74 Å². The Bertz CT molecular complexity index is 239. The molecule has 2 rings (SSSR count). The van der Waals surface area contributed by atoms with Crippen molar-refractivity contribution in [3.05, 3.63) is 0 Å². The lowest BCUT2D eigenvalue weighted by atomic mass is 9.95. The van der Waals surface area contributed by atoms with Gasteiger partial charge in [-0.05, 0) is 58.5 Å². The lowest BCUT2D eigenvalue weighted by Gasteiger charge is -2.38. The van der Waals surface area contributed by atoms with Crippen LogP contribution in [0.2, 0.25) is 0 Å². The van der Waals surface area contributed by atoms with Crippen LogP contribution >= 0.6 is 0 Å². The van der Waals surface area contributed by atoms with Gasteiger partial charge in [0.25, 0.3) is 0 Å². The van der Waals surface area contributed by atoms with Crippen LogP contribution in [-0.4, -0.2) is 49.5 Å². The summed E-state index contributed by atoms with van der Waals surface area (Å²) in [6.07, 6.45) is 7.22. The van der Waals surface area contributed by atoms with Crippen molar-refractivity contribution in [3.8, 4) is 0 Å². The Balaban J connectivity index is 1.73. The topological polar surface area (TPSA) is 24.8 Å². The lowest BCUT2D eigenvalue weighted by Crippen LogP contribution is -2.44. The van der Waals surface area contributed by atoms with E-state index in [4.69, 9.17) is 4.74 Å². The molecule has 2 heterocycles. The van der Waals surface area contributed by atoms with Gasteiger partial charge in [0.05, 0.1) is 0 Å². The molecule has 0 bridgehead atoms. The number of aliphatic imine (C=N–C) groups is 1. The Morgan fingerprint density at radius 1 is 1.12 bits per heavy atom. The van der Waals surface area contributed by atoms with E-state index in [0.717, 1.165) is 19.3 Å². The second-order valence-electron chi connectivity index (χ2n) is 5.61. The minimum absolute atomic E-state index is 0.448. The first-order valence-electron chi connectivity index (χ1n) is 7.11. The third kappa shape index (κ3) is 4.07. The molecule has 0 aliphatic carbocycles. The van der Waals surface area contributed by atoms with Gasteiger partial charge >= 0.3 is 0 Å². The second-order valence-corrected chi connectivity index (χ2v) is 5.61. The van der Waals surface area contributed by atoms with Crippen LogP contribution in [0.5, 0.6) is 0 Å². The summed E-state index contributed by atoms with van der Waals surface area (Å²) in [5, 5.41) is 0. The van der Waals surface area contributed by atoms with Gasteiger partial charge in [0.2, 0.25) is 0 Å². The SMILES string of the molecule is CC(C)N=CC1CCN(C2CCOCC2)CC1. The summed E-state index contributed by atoms with van der Waals surface area (Å²) in [5.41, 5.74) is 0. The molecule has 0 amide bonds. The zero-order valence-electron chi connectivity index (χ0n) is 11.3. The van der Waals surface area contributed by atoms with Gasteiger partial charge in [-0.15, -0.1) is 0 Å². The average molecular weight is 238 g/mol. The number of ether oxygens (including phenoxy) is 1. The molecule has 2 fully saturated rings. The fourth-order valence-corrected chi connectivity index (χ4v) is 2.78. The first-order chi connectivity index (χ1) is 8.25. The van der Waals surface area contributed by atoms with Crippen LogP contribution in [0.25, 0.3) is 0 Å². The zero-order valence-corrected chi connectivity index (χ0v) is 11.3. The van der Waals surface area contributed by atoms with E-state index in [1.807, 2.05) is 0 Å². The summed E-state index contributed by atoms with van der Waals surface area (Å²) in [6, 6.07) is 1.23. The molecule has 0 aromatic carbocycles. The Labute approximate surface area is 105 Å². The minimum Gasteiger partial charge on any atom is -0.381 e. The molecule has 2 aliphatic rings. The van der Waals surface area contributed by atoms with E-state index in [0.29, 0.717) is 12.0 Å². The van der Waals surface area contributed by atoms with Gasteiger partial charge in [-0.1, -0.05) is 0 Å². The summed E-state index contributed by atoms with van der Waals surface area (Å²) in [7, 11) is 0. The molecule has 0 atom stereocenters. The summed E-state index contributed by atoms with van der Waals surface area (Å²) in [6.45, 7) is 8.71. The highest BCUT2D eigenvalue weighted by Crippen LogP contribution is 2.22. The number of rotatable bonds is 3. The minimum atomic E-state index is 0.448. The van der Waals surface area contributed by atoms with Crippen LogP contribution in [0, 0.1) is 5.92 Å². The standard InChI is InChI=1S/C14H26N2O/c1-12(2)15-11-13-3-7-16(8-4-13)14-5-9-17-10-6-14/h11-14H,3-10H2,1-2H3. The van der Waals surface area contributed by atoms with Crippen LogP contribution in [0.4, 0.5) is 0 Å². The highest BCUT2D eigenvalue weighted by molar-refractivity contribution is 5.61. The second kappa shape index (κ2) is 6.50. The number of hydrogen-bond donors (Lipinski definition) is 0. The molecule has 17 heavy (non-hydrogen) atoms. The maximum atomic E-state index is 5.43. The van der Waals surface area contributed by atoms with Crippen molar-refractivity contribution in [1.29, 1.82) is 0 Å². The molecule has 98 valence electrons. The van der Waals surface area contributed by atoms with Crippen LogP contribution in [0.15, 0.2) is 4.99 Å². The molecule has 2 saturated heterocycles. The highest BCUT2D eigenvalue weighted by atomic mass is 16.5. The quantitative estimate of drug-likeness (QED) is 0.705. The highest BCUT2D eigenvalue weighted by Gasteiger charge is 2.25. The molecule has 0 saturated carbocycles. The third-order valence-electron chi connectivity index (χ3n) is 3.88. The van der Waals surface area contributed by atoms with Gasteiger partial charge in [-0.25, -0.2) is 0 Å². The van der Waals surface area contributed by atoms with Crippen molar-refractivity contribution in [2.45, 2.75) is 51.6 Å². The number of nitrogens with zero attached hydrogens (tertiary/aromatic N) is 2. The van der Waals surface area contributed by atoms with E-state index in [1.54, 1.807) is 0 Å². The fraction of sp³-hybridized carbons (Fsp3) is 0.929. The molecular formula is C14H26N2O. The van der Waals surface area contributed by atoms with Crippen molar-refractivity contribution >= 4 is 6.21 Å². The van der Waals surface area contributed by atoms with E-state index >= 15 is 0 Å². The molecule has 0 radical (unpaired) electrons. The maximum Gasteiger partial charge on any atom is 0.0480 e. The van der Waals surface area contributed by atoms with Crippen LogP contribution in [0.1, 0.15) is 39.5 Å². The molecule has 0 aromatic rings. The largest absolute Gasteiger partial charge is 0.381 e. The number of piperidine rings is 1. The molecule has 0 spiro atoms. The molecular weight excluding hydrogens is 212 g/mol. The zero-order chi connectivity index (χ0) is 12.1. The van der Waals surface area contributed by atoms with E-state index in [1.165, 1.54) is 38.8 Å². The summed E-state index contributed by atoms with van der Waals surface area (Å²) in [4.78, 5) is 7.19. The number of hydrogen-bond acceptors (Lipinski definition) is 3. The average Bonchev–Trinajstić information content (AvgIpc) is 2.38. The fourth-order valence-electron chi connectivity index (χ4n) is 2.78. The monoisotopic (exact) mass is 238 g/mol. The van der Waals surface area contributed by atoms with E-state index < -0.39 is 0 Å². The first-order valence-corrected chi connectivity index (χ1v) is 7.11. The van der Waals surface area contributed by atoms with Crippen LogP contribution in [-0.2, 0) is 4.74 Å². The summed E-state index contributed by atoms with van der Waals surface area (Å²) >= 11 is 0. The Morgan fingerprint density at radius 2 is 1.76 bits per heavy atom. The summed E-state index contributed by atoms with van der Waals surface area (Å²) in [5.74, 6) is 0.716. The van der Waals surface area contributed by atoms with Gasteiger partial charge < -0.3 is 9.64 Å². The number of likely N-dealkylation sites (tertiary alicyclic amines) is 1. The van der Waals surface area contributed by atoms with Gasteiger partial charge in [-0.3, -0.25) is 4.99 Å². The molecule has 2 aliphatic heterocycles. The normalized spacial score (nSPS) is 26.1. The summed E-state index contributed by atoms with van der Waals surface area (Å²) < 4.78 is 5.43. The van der Waals surface area contributed by atoms with Crippen molar-refractivity contribution in [3.63, 3.8) is 0 Å². The van der Waals surface area contributed by atoms with Crippen molar-refractivity contribution in [2.75, 3.05) is 26.3 Å². The Kier molecular flexibility index (Phi) is 4.99. The predicted octanol–water partition coefficient (Wildman–Crippen LogP) is 2.36. The van der Waals surface area contributed by atoms with Crippen LogP contribution in [0.3, 0.4) is 0 Å². The third-order valence-corrected chi connectivity index (χ3v) is 3.88. The Hall–Kier alpha value is -0.410. The molecule has 0 aromatic heterocycles. The van der Waals surface area contributed by atoms with E-state index in [-0.39, 0.29) is 0 Å². The molecule has 3 heteroatoms. The van der Waals surface area contributed by atoms with Gasteiger partial charge in [0.15, 0.2) is 0 Å². The van der Waals surface area contributed by atoms with Gasteiger partial charge in [0.1, 0.15) is 0 Å². The van der Waals surface area contributed by atoms with Crippen molar-refractivity contribution in [2.24, 2.45) is 10.9 Å².